The largest absolute Gasteiger partial charge is 0.320 e. The lowest BCUT2D eigenvalue weighted by Crippen LogP contribution is -2.08. The van der Waals surface area contributed by atoms with E-state index < -0.39 is 0 Å². The number of hydrogen-bond donors (Lipinski definition) is 1. The van der Waals surface area contributed by atoms with Gasteiger partial charge < -0.3 is 5.73 Å². The van der Waals surface area contributed by atoms with Gasteiger partial charge in [-0.2, -0.15) is 11.3 Å². The van der Waals surface area contributed by atoms with Gasteiger partial charge in [-0.25, -0.2) is 0 Å². The first kappa shape index (κ1) is 9.90. The summed E-state index contributed by atoms with van der Waals surface area (Å²) in [5.74, 6) is 0. The van der Waals surface area contributed by atoms with E-state index in [0.29, 0.717) is 0 Å². The fraction of sp³-hybridized carbons (Fsp3) is 0.273. The molecule has 0 amide bonds. The van der Waals surface area contributed by atoms with Crippen LogP contribution < -0.4 is 5.73 Å². The Morgan fingerprint density at radius 3 is 2.79 bits per heavy atom. The van der Waals surface area contributed by atoms with E-state index in [1.54, 1.807) is 11.3 Å². The van der Waals surface area contributed by atoms with Crippen molar-refractivity contribution in [1.82, 2.24) is 0 Å². The van der Waals surface area contributed by atoms with Crippen molar-refractivity contribution in [2.75, 3.05) is 0 Å². The third kappa shape index (κ3) is 1.90. The van der Waals surface area contributed by atoms with Gasteiger partial charge in [0.1, 0.15) is 0 Å². The van der Waals surface area contributed by atoms with Crippen LogP contribution in [0, 0.1) is 0 Å². The summed E-state index contributed by atoms with van der Waals surface area (Å²) in [5.41, 5.74) is 7.37. The monoisotopic (exact) mass is 223 g/mol. The average Bonchev–Trinajstić information content (AvgIpc) is 2.88. The van der Waals surface area contributed by atoms with Crippen LogP contribution in [0.25, 0.3) is 0 Å². The quantitative estimate of drug-likeness (QED) is 0.847. The van der Waals surface area contributed by atoms with Crippen LogP contribution in [-0.4, -0.2) is 0 Å². The smallest absolute Gasteiger partial charge is 0.0654 e. The third-order valence-electron chi connectivity index (χ3n) is 2.24. The maximum Gasteiger partial charge on any atom is 0.0654 e. The van der Waals surface area contributed by atoms with Crippen LogP contribution in [0.4, 0.5) is 0 Å². The Bertz CT molecular complexity index is 389. The molecule has 2 aromatic rings. The van der Waals surface area contributed by atoms with Crippen LogP contribution in [0.15, 0.2) is 29.0 Å². The summed E-state index contributed by atoms with van der Waals surface area (Å²) in [6, 6.07) is 6.48. The van der Waals surface area contributed by atoms with Crippen molar-refractivity contribution in [2.24, 2.45) is 5.73 Å². The second-order valence-electron chi connectivity index (χ2n) is 3.19. The number of rotatable bonds is 3. The molecule has 0 aliphatic carbocycles. The van der Waals surface area contributed by atoms with Crippen LogP contribution in [0.1, 0.15) is 28.3 Å². The zero-order valence-electron chi connectivity index (χ0n) is 8.07. The molecule has 14 heavy (non-hydrogen) atoms. The van der Waals surface area contributed by atoms with Crippen LogP contribution >= 0.6 is 22.7 Å². The Morgan fingerprint density at radius 2 is 2.21 bits per heavy atom. The number of hydrogen-bond acceptors (Lipinski definition) is 3. The molecular weight excluding hydrogens is 210 g/mol. The average molecular weight is 223 g/mol. The molecule has 2 N–H and O–H groups in total. The lowest BCUT2D eigenvalue weighted by Gasteiger charge is -2.06. The molecular formula is C11H13NS2. The van der Waals surface area contributed by atoms with Crippen molar-refractivity contribution >= 4 is 22.7 Å². The first-order valence-corrected chi connectivity index (χ1v) is 6.43. The zero-order valence-corrected chi connectivity index (χ0v) is 9.70. The van der Waals surface area contributed by atoms with Crippen molar-refractivity contribution in [2.45, 2.75) is 19.4 Å². The van der Waals surface area contributed by atoms with Gasteiger partial charge in [0, 0.05) is 9.75 Å². The van der Waals surface area contributed by atoms with E-state index in [4.69, 9.17) is 5.73 Å². The minimum Gasteiger partial charge on any atom is -0.320 e. The lowest BCUT2D eigenvalue weighted by molar-refractivity contribution is 0.899. The standard InChI is InChI=1S/C11H13NS2/c1-2-9-3-4-10(14-9)11(12)8-5-6-13-7-8/h3-7,11H,2,12H2,1H3/t11-/m1/s1. The van der Waals surface area contributed by atoms with E-state index in [1.165, 1.54) is 15.3 Å². The molecule has 0 spiro atoms. The van der Waals surface area contributed by atoms with Gasteiger partial charge in [-0.05, 0) is 40.9 Å². The molecule has 2 aromatic heterocycles. The number of aryl methyl sites for hydroxylation is 1. The first-order chi connectivity index (χ1) is 6.81. The summed E-state index contributed by atoms with van der Waals surface area (Å²) < 4.78 is 0. The van der Waals surface area contributed by atoms with E-state index in [2.05, 4.69) is 35.9 Å². The van der Waals surface area contributed by atoms with Crippen LogP contribution in [0.3, 0.4) is 0 Å². The van der Waals surface area contributed by atoms with E-state index in [0.717, 1.165) is 6.42 Å². The van der Waals surface area contributed by atoms with Crippen molar-refractivity contribution in [1.29, 1.82) is 0 Å². The summed E-state index contributed by atoms with van der Waals surface area (Å²) in [4.78, 5) is 2.67. The highest BCUT2D eigenvalue weighted by Gasteiger charge is 2.11. The fourth-order valence-corrected chi connectivity index (χ4v) is 3.05. The minimum absolute atomic E-state index is 0.0616. The molecule has 2 rings (SSSR count). The predicted molar refractivity (Wildman–Crippen MR) is 64.0 cm³/mol. The van der Waals surface area contributed by atoms with E-state index >= 15 is 0 Å². The zero-order chi connectivity index (χ0) is 9.97. The van der Waals surface area contributed by atoms with Crippen LogP contribution in [0.5, 0.6) is 0 Å². The maximum atomic E-state index is 6.15. The lowest BCUT2D eigenvalue weighted by atomic mass is 10.1. The molecule has 1 nitrogen and oxygen atoms in total. The van der Waals surface area contributed by atoms with E-state index in [-0.39, 0.29) is 6.04 Å². The van der Waals surface area contributed by atoms with Gasteiger partial charge in [0.2, 0.25) is 0 Å². The van der Waals surface area contributed by atoms with Gasteiger partial charge in [-0.1, -0.05) is 6.92 Å². The van der Waals surface area contributed by atoms with Gasteiger partial charge in [-0.15, -0.1) is 11.3 Å². The number of nitrogens with two attached hydrogens (primary N) is 1. The Morgan fingerprint density at radius 1 is 1.36 bits per heavy atom. The van der Waals surface area contributed by atoms with E-state index in [1.807, 2.05) is 11.3 Å². The molecule has 74 valence electrons. The van der Waals surface area contributed by atoms with E-state index in [9.17, 15) is 0 Å². The molecule has 0 unspecified atom stereocenters. The molecule has 3 heteroatoms. The highest BCUT2D eigenvalue weighted by Crippen LogP contribution is 2.27. The van der Waals surface area contributed by atoms with Gasteiger partial charge in [0.05, 0.1) is 6.04 Å². The SMILES string of the molecule is CCc1ccc([C@H](N)c2ccsc2)s1. The topological polar surface area (TPSA) is 26.0 Å². The van der Waals surface area contributed by atoms with Crippen molar-refractivity contribution in [3.63, 3.8) is 0 Å². The Balaban J connectivity index is 2.23. The molecule has 0 radical (unpaired) electrons. The summed E-state index contributed by atoms with van der Waals surface area (Å²) in [6.45, 7) is 2.17. The Hall–Kier alpha value is -0.640. The molecule has 0 fully saturated rings. The summed E-state index contributed by atoms with van der Waals surface area (Å²) in [5, 5.41) is 4.19. The first-order valence-electron chi connectivity index (χ1n) is 4.67. The minimum atomic E-state index is 0.0616. The molecule has 0 aromatic carbocycles. The number of thiophene rings is 2. The molecule has 0 aliphatic rings. The Kier molecular flexibility index (Phi) is 3.01. The van der Waals surface area contributed by atoms with Crippen molar-refractivity contribution in [3.05, 3.63) is 44.3 Å². The molecule has 2 heterocycles. The second-order valence-corrected chi connectivity index (χ2v) is 5.17. The molecule has 0 saturated heterocycles. The maximum absolute atomic E-state index is 6.15. The predicted octanol–water partition coefficient (Wildman–Crippen LogP) is 3.42. The summed E-state index contributed by atoms with van der Waals surface area (Å²) >= 11 is 3.52. The van der Waals surface area contributed by atoms with Crippen LogP contribution in [-0.2, 0) is 6.42 Å². The molecule has 0 saturated carbocycles. The van der Waals surface area contributed by atoms with Crippen LogP contribution in [0.2, 0.25) is 0 Å². The molecule has 0 aliphatic heterocycles. The summed E-state index contributed by atoms with van der Waals surface area (Å²) in [7, 11) is 0. The second kappa shape index (κ2) is 4.26. The highest BCUT2D eigenvalue weighted by atomic mass is 32.1. The highest BCUT2D eigenvalue weighted by molar-refractivity contribution is 7.12. The normalized spacial score (nSPS) is 13.0. The van der Waals surface area contributed by atoms with Gasteiger partial charge in [-0.3, -0.25) is 0 Å². The van der Waals surface area contributed by atoms with Crippen molar-refractivity contribution in [3.8, 4) is 0 Å². The van der Waals surface area contributed by atoms with Gasteiger partial charge in [0.25, 0.3) is 0 Å². The summed E-state index contributed by atoms with van der Waals surface area (Å²) in [6.07, 6.45) is 1.10. The Labute approximate surface area is 92.2 Å². The fourth-order valence-electron chi connectivity index (χ4n) is 1.37. The third-order valence-corrected chi connectivity index (χ3v) is 4.25. The molecule has 1 atom stereocenters. The van der Waals surface area contributed by atoms with Gasteiger partial charge in [0.15, 0.2) is 0 Å². The van der Waals surface area contributed by atoms with Crippen molar-refractivity contribution < 1.29 is 0 Å². The molecule has 0 bridgehead atoms. The van der Waals surface area contributed by atoms with Gasteiger partial charge >= 0.3 is 0 Å².